The molecule has 1 aliphatic rings. The van der Waals surface area contributed by atoms with Gasteiger partial charge >= 0.3 is 5.88 Å². The van der Waals surface area contributed by atoms with Gasteiger partial charge in [0.25, 0.3) is 0 Å². The summed E-state index contributed by atoms with van der Waals surface area (Å²) in [6, 6.07) is 1.93. The van der Waals surface area contributed by atoms with Crippen molar-refractivity contribution in [2.75, 3.05) is 33.4 Å². The fraction of sp³-hybridized carbons (Fsp3) is 0.481. The van der Waals surface area contributed by atoms with E-state index in [1.807, 2.05) is 57.6 Å². The van der Waals surface area contributed by atoms with E-state index in [1.54, 1.807) is 7.11 Å². The van der Waals surface area contributed by atoms with E-state index in [4.69, 9.17) is 24.9 Å². The second-order valence-electron chi connectivity index (χ2n) is 9.48. The number of aliphatic hydroxyl groups excluding tert-OH is 1. The minimum Gasteiger partial charge on any atom is -0.479 e. The topological polar surface area (TPSA) is 160 Å². The number of rotatable bonds is 6. The summed E-state index contributed by atoms with van der Waals surface area (Å²) in [7, 11) is 3.56. The van der Waals surface area contributed by atoms with Crippen LogP contribution in [0.2, 0.25) is 0 Å². The van der Waals surface area contributed by atoms with E-state index in [0.717, 1.165) is 39.2 Å². The summed E-state index contributed by atoms with van der Waals surface area (Å²) >= 11 is 0. The number of aliphatic hydroxyl groups is 1. The van der Waals surface area contributed by atoms with E-state index >= 15 is 0 Å². The Balaban J connectivity index is 1.97. The van der Waals surface area contributed by atoms with E-state index in [2.05, 4.69) is 25.6 Å². The molecule has 4 heterocycles. The minimum absolute atomic E-state index is 0.0734. The average Bonchev–Trinajstić information content (AvgIpc) is 3.45. The number of aryl methyl sites for hydroxylation is 2. The van der Waals surface area contributed by atoms with Crippen LogP contribution in [0, 0.1) is 6.92 Å². The molecule has 0 fully saturated rings. The standard InChI is InChI=1S/C27H38N8O4/c1-7-38-26(28)18-8-9-20-19-12-21(31-16(3)25(19)33-32-20)24-23(14-37-6)34-35(5)27(24)39-17(4)15(2)30-13-22(18)29-10-11-36/h8-9,12,15,17,30,36H,7,10-11,13-14H2,1-6H3,(H3,28,29,31,32,33)/p+1/t15-,17?/m1/s1. The van der Waals surface area contributed by atoms with Crippen molar-refractivity contribution in [3.05, 3.63) is 40.7 Å². The van der Waals surface area contributed by atoms with Crippen molar-refractivity contribution in [2.45, 2.75) is 46.4 Å². The van der Waals surface area contributed by atoms with Crippen LogP contribution in [-0.4, -0.2) is 76.7 Å². The van der Waals surface area contributed by atoms with E-state index in [1.165, 1.54) is 0 Å². The van der Waals surface area contributed by atoms with Gasteiger partial charge in [-0.3, -0.25) is 15.1 Å². The zero-order chi connectivity index (χ0) is 28.1. The third-order valence-electron chi connectivity index (χ3n) is 6.70. The maximum atomic E-state index is 9.49. The van der Waals surface area contributed by atoms with Crippen molar-refractivity contribution >= 4 is 22.7 Å². The quantitative estimate of drug-likeness (QED) is 0.234. The fourth-order valence-electron chi connectivity index (χ4n) is 4.54. The molecule has 39 heavy (non-hydrogen) atoms. The molecule has 0 aliphatic carbocycles. The van der Waals surface area contributed by atoms with Crippen molar-refractivity contribution in [1.29, 1.82) is 0 Å². The molecule has 0 spiro atoms. The van der Waals surface area contributed by atoms with Gasteiger partial charge in [0.1, 0.15) is 22.9 Å². The first kappa shape index (κ1) is 28.3. The molecule has 6 N–H and O–H groups in total. The van der Waals surface area contributed by atoms with Gasteiger partial charge in [0.2, 0.25) is 0 Å². The number of H-pyrrole nitrogens is 2. The Kier molecular flexibility index (Phi) is 9.00. The summed E-state index contributed by atoms with van der Waals surface area (Å²) in [6.07, 6.45) is 3.55. The van der Waals surface area contributed by atoms with E-state index in [0.29, 0.717) is 36.9 Å². The minimum atomic E-state index is -0.230. The Hall–Kier alpha value is -3.74. The second kappa shape index (κ2) is 12.4. The zero-order valence-electron chi connectivity index (χ0n) is 23.5. The summed E-state index contributed by atoms with van der Waals surface area (Å²) in [6.45, 7) is 9.17. The molecule has 0 amide bonds. The number of hydrogen-bond donors (Lipinski definition) is 5. The third-order valence-corrected chi connectivity index (χ3v) is 6.70. The van der Waals surface area contributed by atoms with Gasteiger partial charge in [0.15, 0.2) is 12.9 Å². The summed E-state index contributed by atoms with van der Waals surface area (Å²) in [4.78, 5) is 9.52. The molecule has 210 valence electrons. The second-order valence-corrected chi connectivity index (χ2v) is 9.48. The highest BCUT2D eigenvalue weighted by Crippen LogP contribution is 2.34. The number of aromatic amines is 2. The number of hydrogen-bond acceptors (Lipinski definition) is 9. The highest BCUT2D eigenvalue weighted by molar-refractivity contribution is 6.05. The molecule has 0 aromatic carbocycles. The fourth-order valence-corrected chi connectivity index (χ4v) is 4.54. The van der Waals surface area contributed by atoms with Crippen LogP contribution in [0.1, 0.15) is 37.9 Å². The first-order valence-electron chi connectivity index (χ1n) is 13.1. The SMILES string of the molecule is CCO/C(N)=C1\C=C\c2[nH]nc3c(C)nc(cc23)-c2c(COC)[nH][n+](C)c2OC(C)[C@@H](C)NCC1=NCCO. The normalized spacial score (nSPS) is 21.4. The summed E-state index contributed by atoms with van der Waals surface area (Å²) < 4.78 is 19.6. The number of aliphatic imine (C=N–C) groups is 1. The Morgan fingerprint density at radius 3 is 2.85 bits per heavy atom. The number of pyridine rings is 1. The van der Waals surface area contributed by atoms with Gasteiger partial charge in [0.05, 0.1) is 54.7 Å². The molecule has 0 saturated heterocycles. The Bertz CT molecular complexity index is 1400. The highest BCUT2D eigenvalue weighted by atomic mass is 16.5. The van der Waals surface area contributed by atoms with Crippen molar-refractivity contribution in [2.24, 2.45) is 17.8 Å². The van der Waals surface area contributed by atoms with Crippen LogP contribution in [-0.2, 0) is 23.1 Å². The van der Waals surface area contributed by atoms with Crippen molar-refractivity contribution < 1.29 is 24.0 Å². The summed E-state index contributed by atoms with van der Waals surface area (Å²) in [5.74, 6) is 0.906. The lowest BCUT2D eigenvalue weighted by molar-refractivity contribution is -0.732. The van der Waals surface area contributed by atoms with E-state index in [-0.39, 0.29) is 31.2 Å². The lowest BCUT2D eigenvalue weighted by atomic mass is 10.1. The molecule has 2 atom stereocenters. The van der Waals surface area contributed by atoms with Gasteiger partial charge in [-0.25, -0.2) is 0 Å². The van der Waals surface area contributed by atoms with Gasteiger partial charge in [-0.2, -0.15) is 10.2 Å². The molecule has 0 saturated carbocycles. The maximum absolute atomic E-state index is 9.49. The van der Waals surface area contributed by atoms with Crippen LogP contribution in [0.3, 0.4) is 0 Å². The molecule has 0 radical (unpaired) electrons. The summed E-state index contributed by atoms with van der Waals surface area (Å²) in [5, 5.41) is 24.9. The van der Waals surface area contributed by atoms with E-state index < -0.39 is 0 Å². The number of allylic oxidation sites excluding steroid dienone is 1. The van der Waals surface area contributed by atoms with Gasteiger partial charge in [-0.05, 0) is 45.9 Å². The molecule has 2 bridgehead atoms. The van der Waals surface area contributed by atoms with Gasteiger partial charge in [0, 0.05) is 25.1 Å². The largest absolute Gasteiger partial charge is 0.479 e. The first-order chi connectivity index (χ1) is 18.8. The number of fused-ring (bicyclic) bond motifs is 3. The maximum Gasteiger partial charge on any atom is 0.403 e. The predicted molar refractivity (Wildman–Crippen MR) is 149 cm³/mol. The summed E-state index contributed by atoms with van der Waals surface area (Å²) in [5.41, 5.74) is 12.4. The lowest BCUT2D eigenvalue weighted by Crippen LogP contribution is -2.44. The van der Waals surface area contributed by atoms with Crippen LogP contribution in [0.15, 0.2) is 28.6 Å². The van der Waals surface area contributed by atoms with Crippen molar-refractivity contribution in [1.82, 2.24) is 25.6 Å². The zero-order valence-corrected chi connectivity index (χ0v) is 23.5. The third kappa shape index (κ3) is 5.97. The number of nitrogens with two attached hydrogens (primary N) is 1. The van der Waals surface area contributed by atoms with Gasteiger partial charge in [-0.15, -0.1) is 0 Å². The van der Waals surface area contributed by atoms with Crippen LogP contribution in [0.5, 0.6) is 5.88 Å². The highest BCUT2D eigenvalue weighted by Gasteiger charge is 2.31. The molecular weight excluding hydrogens is 500 g/mol. The van der Waals surface area contributed by atoms with Crippen LogP contribution in [0.25, 0.3) is 28.2 Å². The molecule has 1 unspecified atom stereocenters. The average molecular weight is 540 g/mol. The van der Waals surface area contributed by atoms with Crippen LogP contribution < -0.4 is 20.5 Å². The number of ether oxygens (including phenoxy) is 3. The molecule has 3 aromatic rings. The number of methoxy groups -OCH3 is 1. The van der Waals surface area contributed by atoms with Crippen molar-refractivity contribution in [3.8, 4) is 17.1 Å². The van der Waals surface area contributed by atoms with Gasteiger partial charge in [-0.1, -0.05) is 4.68 Å². The number of aromatic nitrogens is 5. The van der Waals surface area contributed by atoms with Gasteiger partial charge < -0.3 is 30.4 Å². The lowest BCUT2D eigenvalue weighted by Gasteiger charge is -2.22. The Morgan fingerprint density at radius 1 is 1.33 bits per heavy atom. The first-order valence-corrected chi connectivity index (χ1v) is 13.1. The molecule has 1 aliphatic heterocycles. The monoisotopic (exact) mass is 539 g/mol. The Labute approximate surface area is 227 Å². The van der Waals surface area contributed by atoms with Crippen LogP contribution in [0.4, 0.5) is 0 Å². The molecule has 12 nitrogen and oxygen atoms in total. The smallest absolute Gasteiger partial charge is 0.403 e. The molecular formula is C27H39N8O4+. The predicted octanol–water partition coefficient (Wildman–Crippen LogP) is 1.64. The molecule has 3 aromatic heterocycles. The van der Waals surface area contributed by atoms with Crippen LogP contribution >= 0.6 is 0 Å². The Morgan fingerprint density at radius 2 is 2.13 bits per heavy atom. The van der Waals surface area contributed by atoms with Crippen molar-refractivity contribution in [3.63, 3.8) is 0 Å². The van der Waals surface area contributed by atoms with E-state index in [9.17, 15) is 5.11 Å². The number of nitrogens with zero attached hydrogens (tertiary/aromatic N) is 4. The molecule has 12 heteroatoms. The number of nitrogens with one attached hydrogen (secondary N) is 3. The molecule has 4 rings (SSSR count).